The summed E-state index contributed by atoms with van der Waals surface area (Å²) >= 11 is 5.34. The largest absolute Gasteiger partial charge is 0.497 e. The molecule has 0 amide bonds. The first-order valence-corrected chi connectivity index (χ1v) is 7.26. The molecule has 0 saturated carbocycles. The maximum Gasteiger partial charge on any atom is 0.387 e. The molecule has 0 fully saturated rings. The molecule has 1 rings (SSSR count). The molecular formula is C10H12ClF2NO4S. The molecule has 0 spiro atoms. The van der Waals surface area contributed by atoms with Gasteiger partial charge in [-0.15, -0.1) is 11.6 Å². The van der Waals surface area contributed by atoms with Crippen molar-refractivity contribution in [3.63, 3.8) is 0 Å². The van der Waals surface area contributed by atoms with E-state index in [0.29, 0.717) is 5.75 Å². The summed E-state index contributed by atoms with van der Waals surface area (Å²) in [4.78, 5) is 0. The monoisotopic (exact) mass is 315 g/mol. The summed E-state index contributed by atoms with van der Waals surface area (Å²) in [5.74, 6) is -0.469. The number of rotatable bonds is 7. The van der Waals surface area contributed by atoms with E-state index in [4.69, 9.17) is 16.3 Å². The van der Waals surface area contributed by atoms with Crippen LogP contribution in [-0.2, 0) is 10.0 Å². The van der Waals surface area contributed by atoms with Crippen LogP contribution in [0.1, 0.15) is 0 Å². The van der Waals surface area contributed by atoms with Crippen molar-refractivity contribution < 1.29 is 26.7 Å². The van der Waals surface area contributed by atoms with Crippen molar-refractivity contribution in [2.24, 2.45) is 0 Å². The number of alkyl halides is 3. The fourth-order valence-corrected chi connectivity index (χ4v) is 2.64. The van der Waals surface area contributed by atoms with E-state index in [1.807, 2.05) is 0 Å². The first-order valence-electron chi connectivity index (χ1n) is 5.07. The molecule has 1 aromatic carbocycles. The van der Waals surface area contributed by atoms with Crippen LogP contribution >= 0.6 is 11.6 Å². The maximum atomic E-state index is 12.2. The lowest BCUT2D eigenvalue weighted by Crippen LogP contribution is -2.18. The van der Waals surface area contributed by atoms with Gasteiger partial charge in [-0.3, -0.25) is 4.72 Å². The summed E-state index contributed by atoms with van der Waals surface area (Å²) < 4.78 is 58.8. The summed E-state index contributed by atoms with van der Waals surface area (Å²) in [6.45, 7) is -3.07. The number of hydrogen-bond donors (Lipinski definition) is 1. The van der Waals surface area contributed by atoms with Gasteiger partial charge < -0.3 is 9.47 Å². The fraction of sp³-hybridized carbons (Fsp3) is 0.400. The molecule has 0 radical (unpaired) electrons. The second-order valence-electron chi connectivity index (χ2n) is 3.35. The summed E-state index contributed by atoms with van der Waals surface area (Å²) in [5.41, 5.74) is -0.134. The third kappa shape index (κ3) is 5.07. The molecule has 0 heterocycles. The second kappa shape index (κ2) is 6.76. The van der Waals surface area contributed by atoms with Gasteiger partial charge in [-0.05, 0) is 12.1 Å². The van der Waals surface area contributed by atoms with Crippen molar-refractivity contribution in [1.29, 1.82) is 0 Å². The third-order valence-corrected chi connectivity index (χ3v) is 3.70. The van der Waals surface area contributed by atoms with E-state index in [9.17, 15) is 17.2 Å². The van der Waals surface area contributed by atoms with E-state index < -0.39 is 16.6 Å². The Hall–Kier alpha value is -1.28. The smallest absolute Gasteiger partial charge is 0.387 e. The molecule has 0 aliphatic rings. The molecule has 5 nitrogen and oxygen atoms in total. The quantitative estimate of drug-likeness (QED) is 0.784. The van der Waals surface area contributed by atoms with Crippen LogP contribution in [0.4, 0.5) is 14.5 Å². The van der Waals surface area contributed by atoms with Crippen molar-refractivity contribution >= 4 is 27.3 Å². The van der Waals surface area contributed by atoms with Crippen LogP contribution in [0, 0.1) is 0 Å². The minimum Gasteiger partial charge on any atom is -0.497 e. The lowest BCUT2D eigenvalue weighted by atomic mass is 10.3. The van der Waals surface area contributed by atoms with Gasteiger partial charge >= 0.3 is 6.61 Å². The van der Waals surface area contributed by atoms with Crippen molar-refractivity contribution in [2.45, 2.75) is 6.61 Å². The Balaban J connectivity index is 3.07. The van der Waals surface area contributed by atoms with Gasteiger partial charge in [0.05, 0.1) is 18.6 Å². The molecular weight excluding hydrogens is 304 g/mol. The van der Waals surface area contributed by atoms with Crippen LogP contribution in [0.15, 0.2) is 18.2 Å². The number of benzene rings is 1. The Kier molecular flexibility index (Phi) is 5.61. The van der Waals surface area contributed by atoms with E-state index in [0.717, 1.165) is 0 Å². The SMILES string of the molecule is COc1ccc(OC(F)F)c(NS(=O)(=O)CCCl)c1. The fourth-order valence-electron chi connectivity index (χ4n) is 1.23. The van der Waals surface area contributed by atoms with Gasteiger partial charge in [-0.2, -0.15) is 8.78 Å². The van der Waals surface area contributed by atoms with Crippen LogP contribution in [0.25, 0.3) is 0 Å². The molecule has 0 bridgehead atoms. The van der Waals surface area contributed by atoms with E-state index >= 15 is 0 Å². The Morgan fingerprint density at radius 2 is 2.11 bits per heavy atom. The van der Waals surface area contributed by atoms with Crippen molar-refractivity contribution in [1.82, 2.24) is 0 Å². The molecule has 0 unspecified atom stereocenters. The third-order valence-electron chi connectivity index (χ3n) is 2.01. The Labute approximate surface area is 114 Å². The molecule has 0 saturated heterocycles. The number of ether oxygens (including phenoxy) is 2. The second-order valence-corrected chi connectivity index (χ2v) is 5.57. The highest BCUT2D eigenvalue weighted by Gasteiger charge is 2.16. The van der Waals surface area contributed by atoms with Gasteiger partial charge in [0.2, 0.25) is 10.0 Å². The average Bonchev–Trinajstić information content (AvgIpc) is 2.30. The molecule has 0 aliphatic carbocycles. The molecule has 1 N–H and O–H groups in total. The zero-order valence-electron chi connectivity index (χ0n) is 9.90. The number of methoxy groups -OCH3 is 1. The minimum atomic E-state index is -3.73. The van der Waals surface area contributed by atoms with Crippen LogP contribution in [0.3, 0.4) is 0 Å². The molecule has 0 aliphatic heterocycles. The molecule has 0 aromatic heterocycles. The first kappa shape index (κ1) is 15.8. The lowest BCUT2D eigenvalue weighted by molar-refractivity contribution is -0.0493. The standard InChI is InChI=1S/C10H12ClF2NO4S/c1-17-7-2-3-9(18-10(12)13)8(6-7)14-19(15,16)5-4-11/h2-3,6,10,14H,4-5H2,1H3. The Morgan fingerprint density at radius 1 is 1.42 bits per heavy atom. The summed E-state index contributed by atoms with van der Waals surface area (Å²) in [6.07, 6.45) is 0. The molecule has 19 heavy (non-hydrogen) atoms. The number of hydrogen-bond acceptors (Lipinski definition) is 4. The summed E-state index contributed by atoms with van der Waals surface area (Å²) in [6, 6.07) is 3.80. The number of anilines is 1. The average molecular weight is 316 g/mol. The van der Waals surface area contributed by atoms with Gasteiger partial charge in [0.15, 0.2) is 0 Å². The van der Waals surface area contributed by atoms with Crippen LogP contribution < -0.4 is 14.2 Å². The predicted octanol–water partition coefficient (Wildman–Crippen LogP) is 2.28. The van der Waals surface area contributed by atoms with Crippen LogP contribution in [0.2, 0.25) is 0 Å². The van der Waals surface area contributed by atoms with Crippen LogP contribution in [-0.4, -0.2) is 33.8 Å². The Morgan fingerprint density at radius 3 is 2.63 bits per heavy atom. The van der Waals surface area contributed by atoms with Crippen molar-refractivity contribution in [3.05, 3.63) is 18.2 Å². The molecule has 0 atom stereocenters. The van der Waals surface area contributed by atoms with Crippen LogP contribution in [0.5, 0.6) is 11.5 Å². The highest BCUT2D eigenvalue weighted by Crippen LogP contribution is 2.31. The summed E-state index contributed by atoms with van der Waals surface area (Å²) in [5, 5.41) is 0. The zero-order valence-corrected chi connectivity index (χ0v) is 11.5. The van der Waals surface area contributed by atoms with Crippen molar-refractivity contribution in [2.75, 3.05) is 23.5 Å². The molecule has 108 valence electrons. The molecule has 9 heteroatoms. The summed E-state index contributed by atoms with van der Waals surface area (Å²) in [7, 11) is -2.37. The minimum absolute atomic E-state index is 0.121. The Bertz CT molecular complexity index is 524. The van der Waals surface area contributed by atoms with E-state index in [1.54, 1.807) is 0 Å². The normalized spacial score (nSPS) is 11.4. The first-order chi connectivity index (χ1) is 8.88. The number of nitrogens with one attached hydrogen (secondary N) is 1. The topological polar surface area (TPSA) is 64.6 Å². The molecule has 1 aromatic rings. The number of halogens is 3. The zero-order chi connectivity index (χ0) is 14.5. The number of sulfonamides is 1. The van der Waals surface area contributed by atoms with Gasteiger partial charge in [0.25, 0.3) is 0 Å². The van der Waals surface area contributed by atoms with Gasteiger partial charge in [0, 0.05) is 11.9 Å². The van der Waals surface area contributed by atoms with Gasteiger partial charge in [0.1, 0.15) is 11.5 Å². The van der Waals surface area contributed by atoms with Gasteiger partial charge in [-0.1, -0.05) is 0 Å². The van der Waals surface area contributed by atoms with Gasteiger partial charge in [-0.25, -0.2) is 8.42 Å². The van der Waals surface area contributed by atoms with E-state index in [2.05, 4.69) is 9.46 Å². The highest BCUT2D eigenvalue weighted by molar-refractivity contribution is 7.92. The van der Waals surface area contributed by atoms with Crippen molar-refractivity contribution in [3.8, 4) is 11.5 Å². The highest BCUT2D eigenvalue weighted by atomic mass is 35.5. The lowest BCUT2D eigenvalue weighted by Gasteiger charge is -2.13. The van der Waals surface area contributed by atoms with E-state index in [-0.39, 0.29) is 23.1 Å². The van der Waals surface area contributed by atoms with E-state index in [1.165, 1.54) is 25.3 Å². The maximum absolute atomic E-state index is 12.2. The predicted molar refractivity (Wildman–Crippen MR) is 67.8 cm³/mol.